The Bertz CT molecular complexity index is 1280. The van der Waals surface area contributed by atoms with Gasteiger partial charge < -0.3 is 23.7 Å². The molecule has 2 saturated heterocycles. The maximum Gasteiger partial charge on any atom is 0.334 e. The van der Waals surface area contributed by atoms with Crippen LogP contribution in [0.5, 0.6) is 0 Å². The second-order valence-corrected chi connectivity index (χ2v) is 13.3. The van der Waals surface area contributed by atoms with Crippen LogP contribution < -0.4 is 0 Å². The van der Waals surface area contributed by atoms with Gasteiger partial charge in [-0.3, -0.25) is 4.79 Å². The summed E-state index contributed by atoms with van der Waals surface area (Å²) in [5.41, 5.74) is 3.62. The summed E-state index contributed by atoms with van der Waals surface area (Å²) >= 11 is 0. The molecule has 202 valence electrons. The van der Waals surface area contributed by atoms with Gasteiger partial charge in [0.25, 0.3) is 0 Å². The van der Waals surface area contributed by atoms with E-state index in [0.29, 0.717) is 31.0 Å². The van der Waals surface area contributed by atoms with Crippen molar-refractivity contribution in [1.29, 1.82) is 0 Å². The van der Waals surface area contributed by atoms with Crippen LogP contribution in [0.1, 0.15) is 57.6 Å². The van der Waals surface area contributed by atoms with Crippen LogP contribution >= 0.6 is 0 Å². The number of esters is 2. The maximum absolute atomic E-state index is 12.4. The van der Waals surface area contributed by atoms with Gasteiger partial charge in [-0.15, -0.1) is 0 Å². The number of carbonyl (C=O) groups is 2. The summed E-state index contributed by atoms with van der Waals surface area (Å²) in [5.74, 6) is 0.796. The zero-order valence-corrected chi connectivity index (χ0v) is 22.6. The first-order chi connectivity index (χ1) is 18.2. The van der Waals surface area contributed by atoms with E-state index >= 15 is 0 Å². The van der Waals surface area contributed by atoms with Gasteiger partial charge in [-0.1, -0.05) is 45.0 Å². The van der Waals surface area contributed by atoms with E-state index in [-0.39, 0.29) is 58.7 Å². The number of benzene rings is 1. The third-order valence-corrected chi connectivity index (χ3v) is 11.8. The lowest BCUT2D eigenvalue weighted by molar-refractivity contribution is -0.141. The van der Waals surface area contributed by atoms with Crippen molar-refractivity contribution in [2.45, 2.75) is 89.0 Å². The predicted molar refractivity (Wildman–Crippen MR) is 135 cm³/mol. The van der Waals surface area contributed by atoms with Crippen LogP contribution in [0.25, 0.3) is 0 Å². The number of epoxide rings is 2. The van der Waals surface area contributed by atoms with E-state index < -0.39 is 0 Å². The van der Waals surface area contributed by atoms with E-state index in [9.17, 15) is 9.59 Å². The van der Waals surface area contributed by atoms with Gasteiger partial charge in [0.1, 0.15) is 23.9 Å². The summed E-state index contributed by atoms with van der Waals surface area (Å²) in [6.45, 7) is 7.91. The van der Waals surface area contributed by atoms with E-state index in [0.717, 1.165) is 42.4 Å². The first-order valence-electron chi connectivity index (χ1n) is 14.2. The molecule has 0 unspecified atom stereocenters. The van der Waals surface area contributed by atoms with Crippen molar-refractivity contribution in [3.8, 4) is 0 Å². The van der Waals surface area contributed by atoms with Gasteiger partial charge in [0.2, 0.25) is 0 Å². The molecular weight excluding hydrogens is 484 g/mol. The van der Waals surface area contributed by atoms with Crippen molar-refractivity contribution in [2.24, 2.45) is 28.6 Å². The normalized spacial score (nSPS) is 46.7. The summed E-state index contributed by atoms with van der Waals surface area (Å²) in [6.07, 6.45) is 4.32. The Balaban J connectivity index is 1.12. The first kappa shape index (κ1) is 23.6. The number of methoxy groups -OCH3 is 1. The largest absolute Gasteiger partial charge is 0.469 e. The van der Waals surface area contributed by atoms with Crippen LogP contribution in [0.15, 0.2) is 35.4 Å². The number of fused-ring (bicyclic) bond motifs is 4. The van der Waals surface area contributed by atoms with Crippen molar-refractivity contribution in [3.05, 3.63) is 46.5 Å². The molecule has 0 amide bonds. The Morgan fingerprint density at radius 1 is 1.16 bits per heavy atom. The SMILES string of the molecule is COC(=O)Cc1ccc(CO[C@@H]2[C@@]3(C(C)C)O[C@H]3[C@@H]3C[C@]34[C@]23O[C@H]3C[C@H]2C3=C(CC[C@@]24C)C(=O)OC3)cc1. The molecule has 3 saturated carbocycles. The Morgan fingerprint density at radius 2 is 1.92 bits per heavy atom. The third kappa shape index (κ3) is 2.57. The van der Waals surface area contributed by atoms with E-state index in [4.69, 9.17) is 23.7 Å². The highest BCUT2D eigenvalue weighted by atomic mass is 16.7. The molecule has 0 N–H and O–H groups in total. The number of cyclic esters (lactones) is 1. The molecule has 0 radical (unpaired) electrons. The summed E-state index contributed by atoms with van der Waals surface area (Å²) in [6, 6.07) is 8.03. The fraction of sp³-hybridized carbons (Fsp3) is 0.677. The van der Waals surface area contributed by atoms with Gasteiger partial charge in [0.05, 0.1) is 32.3 Å². The van der Waals surface area contributed by atoms with E-state index in [2.05, 4.69) is 20.8 Å². The van der Waals surface area contributed by atoms with Gasteiger partial charge >= 0.3 is 11.9 Å². The Hall–Kier alpha value is -2.22. The summed E-state index contributed by atoms with van der Waals surface area (Å²) in [7, 11) is 1.41. The average molecular weight is 521 g/mol. The van der Waals surface area contributed by atoms with E-state index in [1.165, 1.54) is 12.7 Å². The molecule has 7 heteroatoms. The van der Waals surface area contributed by atoms with E-state index in [1.54, 1.807) is 0 Å². The summed E-state index contributed by atoms with van der Waals surface area (Å²) in [4.78, 5) is 24.1. The lowest BCUT2D eigenvalue weighted by Crippen LogP contribution is -2.65. The van der Waals surface area contributed by atoms with Crippen molar-refractivity contribution in [2.75, 3.05) is 13.7 Å². The zero-order valence-electron chi connectivity index (χ0n) is 22.6. The fourth-order valence-electron chi connectivity index (χ4n) is 9.92. The maximum atomic E-state index is 12.4. The summed E-state index contributed by atoms with van der Waals surface area (Å²) in [5, 5.41) is 0. The monoisotopic (exact) mass is 520 g/mol. The quantitative estimate of drug-likeness (QED) is 0.415. The number of ether oxygens (including phenoxy) is 5. The molecule has 8 rings (SSSR count). The van der Waals surface area contributed by atoms with Crippen molar-refractivity contribution in [1.82, 2.24) is 0 Å². The minimum Gasteiger partial charge on any atom is -0.469 e. The average Bonchev–Trinajstić information content (AvgIpc) is 3.81. The molecule has 0 aromatic heterocycles. The third-order valence-electron chi connectivity index (χ3n) is 11.8. The van der Waals surface area contributed by atoms with Gasteiger partial charge in [-0.25, -0.2) is 4.79 Å². The lowest BCUT2D eigenvalue weighted by atomic mass is 9.45. The Morgan fingerprint density at radius 3 is 2.66 bits per heavy atom. The second-order valence-electron chi connectivity index (χ2n) is 13.3. The molecule has 38 heavy (non-hydrogen) atoms. The van der Waals surface area contributed by atoms with Gasteiger partial charge in [0.15, 0.2) is 0 Å². The van der Waals surface area contributed by atoms with Crippen LogP contribution in [0.2, 0.25) is 0 Å². The molecule has 1 aromatic carbocycles. The molecule has 4 aliphatic carbocycles. The highest BCUT2D eigenvalue weighted by molar-refractivity contribution is 5.92. The topological polar surface area (TPSA) is 86.9 Å². The number of hydrogen-bond acceptors (Lipinski definition) is 7. The predicted octanol–water partition coefficient (Wildman–Crippen LogP) is 3.91. The smallest absolute Gasteiger partial charge is 0.334 e. The molecule has 3 heterocycles. The van der Waals surface area contributed by atoms with Crippen LogP contribution in [-0.4, -0.2) is 55.2 Å². The number of carbonyl (C=O) groups excluding carboxylic acids is 2. The van der Waals surface area contributed by atoms with Gasteiger partial charge in [0, 0.05) is 11.0 Å². The number of hydrogen-bond donors (Lipinski definition) is 0. The zero-order chi connectivity index (χ0) is 26.2. The van der Waals surface area contributed by atoms with E-state index in [1.807, 2.05) is 24.3 Å². The van der Waals surface area contributed by atoms with Crippen molar-refractivity contribution in [3.63, 3.8) is 0 Å². The first-order valence-corrected chi connectivity index (χ1v) is 14.2. The minimum atomic E-state index is -0.327. The highest BCUT2D eigenvalue weighted by Gasteiger charge is 2.98. The van der Waals surface area contributed by atoms with Crippen LogP contribution in [0.4, 0.5) is 0 Å². The molecule has 1 aromatic rings. The minimum absolute atomic E-state index is 0.0202. The Kier molecular flexibility index (Phi) is 4.54. The fourth-order valence-corrected chi connectivity index (χ4v) is 9.92. The van der Waals surface area contributed by atoms with Gasteiger partial charge in [-0.2, -0.15) is 0 Å². The molecule has 9 atom stereocenters. The lowest BCUT2D eigenvalue weighted by Gasteiger charge is -2.56. The standard InChI is InChI=1S/C31H36O7/c1-16(2)30-25(38-30)22-13-29(22)28(3)10-9-19-20(15-35-26(19)33)21(28)12-23-31(29,37-23)27(30)36-14-18-7-5-17(6-8-18)11-24(32)34-4/h5-8,16,21-23,25,27H,9-15H2,1-4H3/t21-,22-,23-,25-,27+,28-,29-,30-,31+/m0/s1. The molecular formula is C31H36O7. The summed E-state index contributed by atoms with van der Waals surface area (Å²) < 4.78 is 30.9. The van der Waals surface area contributed by atoms with Gasteiger partial charge in [-0.05, 0) is 65.6 Å². The molecule has 0 bridgehead atoms. The molecule has 3 aliphatic heterocycles. The molecule has 5 fully saturated rings. The molecule has 7 aliphatic rings. The molecule has 7 nitrogen and oxygen atoms in total. The van der Waals surface area contributed by atoms with Crippen LogP contribution in [-0.2, 0) is 46.3 Å². The Labute approximate surface area is 223 Å². The highest BCUT2D eigenvalue weighted by Crippen LogP contribution is 2.90. The number of rotatable bonds is 6. The van der Waals surface area contributed by atoms with Crippen LogP contribution in [0, 0.1) is 28.6 Å². The van der Waals surface area contributed by atoms with Crippen LogP contribution in [0.3, 0.4) is 0 Å². The van der Waals surface area contributed by atoms with Crippen molar-refractivity contribution < 1.29 is 33.3 Å². The molecule has 2 spiro atoms. The second kappa shape index (κ2) is 7.29. The van der Waals surface area contributed by atoms with Crippen molar-refractivity contribution >= 4 is 11.9 Å².